The van der Waals surface area contributed by atoms with Gasteiger partial charge < -0.3 is 21.5 Å². The van der Waals surface area contributed by atoms with Crippen molar-refractivity contribution in [3.63, 3.8) is 0 Å². The van der Waals surface area contributed by atoms with Gasteiger partial charge in [0.25, 0.3) is 0 Å². The summed E-state index contributed by atoms with van der Waals surface area (Å²) in [6.45, 7) is -0.00690. The number of fused-ring (bicyclic) bond motifs is 1. The first-order chi connectivity index (χ1) is 16.8. The Morgan fingerprint density at radius 3 is 2.60 bits per heavy atom. The van der Waals surface area contributed by atoms with Crippen molar-refractivity contribution in [2.75, 3.05) is 18.8 Å². The van der Waals surface area contributed by atoms with Crippen molar-refractivity contribution in [3.8, 4) is 0 Å². The van der Waals surface area contributed by atoms with Gasteiger partial charge in [0.15, 0.2) is 0 Å². The molecule has 1 aromatic heterocycles. The molecule has 0 radical (unpaired) electrons. The Morgan fingerprint density at radius 1 is 1.11 bits per heavy atom. The number of rotatable bonds is 9. The van der Waals surface area contributed by atoms with E-state index in [0.29, 0.717) is 31.6 Å². The maximum Gasteiger partial charge on any atom is 0.317 e. The summed E-state index contributed by atoms with van der Waals surface area (Å²) in [7, 11) is 0. The number of aromatic nitrogens is 1. The Morgan fingerprint density at radius 2 is 1.89 bits per heavy atom. The number of anilines is 1. The zero-order valence-corrected chi connectivity index (χ0v) is 19.3. The molecule has 6 N–H and O–H groups in total. The molecule has 0 spiro atoms. The van der Waals surface area contributed by atoms with E-state index in [9.17, 15) is 19.5 Å². The zero-order valence-electron chi connectivity index (χ0n) is 19.3. The van der Waals surface area contributed by atoms with E-state index in [2.05, 4.69) is 10.3 Å². The average molecular weight is 476 g/mol. The molecule has 2 aromatic carbocycles. The molecule has 1 aliphatic heterocycles. The summed E-state index contributed by atoms with van der Waals surface area (Å²) in [6.07, 6.45) is 3.22. The lowest BCUT2D eigenvalue weighted by Crippen LogP contribution is -2.61. The molecule has 1 saturated heterocycles. The Hall–Kier alpha value is -3.98. The van der Waals surface area contributed by atoms with Gasteiger partial charge in [0.2, 0.25) is 11.8 Å². The standard InChI is InChI=1S/C26H29N5O4/c27-23-20-8-7-18(13-19(20)9-11-29-23)15-26(25(28)35)10-4-12-31(26)24(34)21(30-16-22(32)33)14-17-5-2-1-3-6-17/h1-3,5-9,11,13,21,30H,4,10,12,14-16H2,(H2,27,29)(H2,28,35)(H,32,33)/t21-,26-/m1/s1. The number of nitrogen functional groups attached to an aromatic ring is 1. The van der Waals surface area contributed by atoms with E-state index in [0.717, 1.165) is 21.9 Å². The maximum atomic E-state index is 13.8. The van der Waals surface area contributed by atoms with Crippen molar-refractivity contribution >= 4 is 34.4 Å². The number of nitrogens with zero attached hydrogens (tertiary/aromatic N) is 2. The van der Waals surface area contributed by atoms with Crippen LogP contribution < -0.4 is 16.8 Å². The predicted octanol–water partition coefficient (Wildman–Crippen LogP) is 1.49. The minimum atomic E-state index is -1.21. The molecule has 0 aliphatic carbocycles. The third kappa shape index (κ3) is 5.09. The summed E-state index contributed by atoms with van der Waals surface area (Å²) in [5.74, 6) is -1.55. The van der Waals surface area contributed by atoms with E-state index in [1.54, 1.807) is 11.1 Å². The fourth-order valence-electron chi connectivity index (χ4n) is 4.92. The van der Waals surface area contributed by atoms with Crippen molar-refractivity contribution in [1.29, 1.82) is 0 Å². The van der Waals surface area contributed by atoms with E-state index in [1.165, 1.54) is 0 Å². The number of likely N-dealkylation sites (tertiary alicyclic amines) is 1. The molecule has 35 heavy (non-hydrogen) atoms. The van der Waals surface area contributed by atoms with Gasteiger partial charge in [-0.05, 0) is 41.8 Å². The number of nitrogens with one attached hydrogen (secondary N) is 1. The molecule has 1 fully saturated rings. The first-order valence-corrected chi connectivity index (χ1v) is 11.5. The molecule has 2 atom stereocenters. The van der Waals surface area contributed by atoms with Gasteiger partial charge >= 0.3 is 5.97 Å². The quantitative estimate of drug-likeness (QED) is 0.366. The topological polar surface area (TPSA) is 152 Å². The first kappa shape index (κ1) is 24.2. The van der Waals surface area contributed by atoms with E-state index in [1.807, 2.05) is 54.6 Å². The molecule has 1 aliphatic rings. The Labute approximate surface area is 203 Å². The third-order valence-corrected chi connectivity index (χ3v) is 6.65. The second kappa shape index (κ2) is 10.1. The monoisotopic (exact) mass is 475 g/mol. The number of carboxylic acids is 1. The smallest absolute Gasteiger partial charge is 0.317 e. The summed E-state index contributed by atoms with van der Waals surface area (Å²) < 4.78 is 0. The highest BCUT2D eigenvalue weighted by Gasteiger charge is 2.49. The van der Waals surface area contributed by atoms with Crippen LogP contribution in [0.15, 0.2) is 60.8 Å². The second-order valence-corrected chi connectivity index (χ2v) is 8.93. The molecule has 3 aromatic rings. The van der Waals surface area contributed by atoms with E-state index < -0.39 is 23.5 Å². The van der Waals surface area contributed by atoms with E-state index in [4.69, 9.17) is 11.5 Å². The number of hydrogen-bond acceptors (Lipinski definition) is 6. The van der Waals surface area contributed by atoms with Gasteiger partial charge in [0.05, 0.1) is 12.6 Å². The van der Waals surface area contributed by atoms with Crippen LogP contribution >= 0.6 is 0 Å². The largest absolute Gasteiger partial charge is 0.480 e. The summed E-state index contributed by atoms with van der Waals surface area (Å²) in [4.78, 5) is 43.5. The van der Waals surface area contributed by atoms with Gasteiger partial charge in [0.1, 0.15) is 11.4 Å². The van der Waals surface area contributed by atoms with Crippen LogP contribution in [-0.2, 0) is 27.2 Å². The fraction of sp³-hybridized carbons (Fsp3) is 0.308. The van der Waals surface area contributed by atoms with Crippen LogP contribution in [-0.4, -0.2) is 57.4 Å². The number of carbonyl (C=O) groups is 3. The van der Waals surface area contributed by atoms with E-state index in [-0.39, 0.29) is 18.9 Å². The number of aliphatic carboxylic acids is 1. The van der Waals surface area contributed by atoms with Gasteiger partial charge in [0, 0.05) is 24.5 Å². The lowest BCUT2D eigenvalue weighted by molar-refractivity contribution is -0.145. The molecular weight excluding hydrogens is 446 g/mol. The van der Waals surface area contributed by atoms with Crippen molar-refractivity contribution in [2.24, 2.45) is 5.73 Å². The minimum absolute atomic E-state index is 0.253. The Balaban J connectivity index is 1.64. The summed E-state index contributed by atoms with van der Waals surface area (Å²) in [5.41, 5.74) is 12.4. The van der Waals surface area contributed by atoms with Crippen LogP contribution in [0.1, 0.15) is 24.0 Å². The number of carboxylic acid groups (broad SMARTS) is 1. The predicted molar refractivity (Wildman–Crippen MR) is 132 cm³/mol. The number of pyridine rings is 1. The lowest BCUT2D eigenvalue weighted by atomic mass is 9.86. The molecule has 0 saturated carbocycles. The second-order valence-electron chi connectivity index (χ2n) is 8.93. The molecule has 182 valence electrons. The van der Waals surface area contributed by atoms with Gasteiger partial charge in [-0.1, -0.05) is 48.5 Å². The molecule has 0 bridgehead atoms. The van der Waals surface area contributed by atoms with Crippen LogP contribution in [0, 0.1) is 0 Å². The highest BCUT2D eigenvalue weighted by Crippen LogP contribution is 2.34. The van der Waals surface area contributed by atoms with Gasteiger partial charge in [-0.15, -0.1) is 0 Å². The van der Waals surface area contributed by atoms with E-state index >= 15 is 0 Å². The van der Waals surface area contributed by atoms with Gasteiger partial charge in [-0.25, -0.2) is 4.98 Å². The number of primary amides is 1. The Bertz CT molecular complexity index is 1250. The van der Waals surface area contributed by atoms with Crippen LogP contribution in [0.2, 0.25) is 0 Å². The van der Waals surface area contributed by atoms with Crippen molar-refractivity contribution < 1.29 is 19.5 Å². The van der Waals surface area contributed by atoms with Crippen LogP contribution in [0.3, 0.4) is 0 Å². The normalized spacial score (nSPS) is 18.5. The Kier molecular flexibility index (Phi) is 6.97. The molecule has 2 heterocycles. The van der Waals surface area contributed by atoms with Crippen LogP contribution in [0.4, 0.5) is 5.82 Å². The summed E-state index contributed by atoms with van der Waals surface area (Å²) >= 11 is 0. The molecule has 2 amide bonds. The first-order valence-electron chi connectivity index (χ1n) is 11.5. The third-order valence-electron chi connectivity index (χ3n) is 6.65. The minimum Gasteiger partial charge on any atom is -0.480 e. The van der Waals surface area contributed by atoms with Crippen molar-refractivity contribution in [1.82, 2.24) is 15.2 Å². The zero-order chi connectivity index (χ0) is 25.0. The number of carbonyl (C=O) groups excluding carboxylic acids is 2. The van der Waals surface area contributed by atoms with Crippen LogP contribution in [0.5, 0.6) is 0 Å². The van der Waals surface area contributed by atoms with Crippen molar-refractivity contribution in [3.05, 3.63) is 71.9 Å². The molecule has 9 heteroatoms. The molecule has 0 unspecified atom stereocenters. The summed E-state index contributed by atoms with van der Waals surface area (Å²) in [6, 6.07) is 16.0. The molecule has 9 nitrogen and oxygen atoms in total. The highest BCUT2D eigenvalue weighted by atomic mass is 16.4. The lowest BCUT2D eigenvalue weighted by Gasteiger charge is -2.38. The maximum absolute atomic E-state index is 13.8. The number of nitrogens with two attached hydrogens (primary N) is 2. The highest BCUT2D eigenvalue weighted by molar-refractivity contribution is 5.94. The average Bonchev–Trinajstić information content (AvgIpc) is 3.27. The van der Waals surface area contributed by atoms with Crippen LogP contribution in [0.25, 0.3) is 10.8 Å². The van der Waals surface area contributed by atoms with Crippen molar-refractivity contribution in [2.45, 2.75) is 37.3 Å². The number of amides is 2. The summed E-state index contributed by atoms with van der Waals surface area (Å²) in [5, 5.41) is 13.7. The SMILES string of the molecule is NC(=O)[C@]1(Cc2ccc3c(N)nccc3c2)CCCN1C(=O)[C@@H](Cc1ccccc1)NCC(=O)O. The molecular formula is C26H29N5O4. The number of benzene rings is 2. The fourth-order valence-corrected chi connectivity index (χ4v) is 4.92. The van der Waals surface area contributed by atoms with Gasteiger partial charge in [-0.3, -0.25) is 19.7 Å². The molecule has 4 rings (SSSR count). The number of hydrogen-bond donors (Lipinski definition) is 4. The van der Waals surface area contributed by atoms with Gasteiger partial charge in [-0.2, -0.15) is 0 Å².